The van der Waals surface area contributed by atoms with Crippen LogP contribution >= 0.6 is 11.3 Å². The number of rotatable bonds is 5. The van der Waals surface area contributed by atoms with Gasteiger partial charge in [0.05, 0.1) is 22.8 Å². The molecule has 3 aromatic rings. The molecule has 0 amide bonds. The summed E-state index contributed by atoms with van der Waals surface area (Å²) in [4.78, 5) is 5.29. The molecular formula is C12H14N6OS. The molecule has 1 atom stereocenters. The van der Waals surface area contributed by atoms with Crippen LogP contribution in [0.5, 0.6) is 0 Å². The summed E-state index contributed by atoms with van der Waals surface area (Å²) in [5.41, 5.74) is 6.68. The molecular weight excluding hydrogens is 276 g/mol. The van der Waals surface area contributed by atoms with Crippen molar-refractivity contribution in [1.82, 2.24) is 25.1 Å². The monoisotopic (exact) mass is 290 g/mol. The molecule has 0 aromatic carbocycles. The van der Waals surface area contributed by atoms with Gasteiger partial charge in [-0.05, 0) is 17.9 Å². The van der Waals surface area contributed by atoms with Crippen LogP contribution in [0.2, 0.25) is 0 Å². The third-order valence-corrected chi connectivity index (χ3v) is 3.74. The molecule has 0 fully saturated rings. The molecule has 3 rings (SSSR count). The average Bonchev–Trinajstić information content (AvgIpc) is 3.19. The normalized spacial score (nSPS) is 12.7. The van der Waals surface area contributed by atoms with E-state index in [1.54, 1.807) is 16.0 Å². The second-order valence-electron chi connectivity index (χ2n) is 4.35. The molecule has 0 bridgehead atoms. The largest absolute Gasteiger partial charge is 0.333 e. The molecule has 0 aliphatic carbocycles. The van der Waals surface area contributed by atoms with Crippen molar-refractivity contribution >= 4 is 11.3 Å². The molecule has 3 heterocycles. The molecule has 0 saturated heterocycles. The van der Waals surface area contributed by atoms with Gasteiger partial charge in [-0.15, -0.1) is 16.4 Å². The molecule has 104 valence electrons. The van der Waals surface area contributed by atoms with Gasteiger partial charge < -0.3 is 10.3 Å². The summed E-state index contributed by atoms with van der Waals surface area (Å²) in [6, 6.07) is 3.80. The fraction of sp³-hybridized carbons (Fsp3) is 0.333. The van der Waals surface area contributed by atoms with Crippen LogP contribution in [0.15, 0.2) is 28.2 Å². The minimum atomic E-state index is -0.0873. The van der Waals surface area contributed by atoms with Crippen molar-refractivity contribution < 1.29 is 4.52 Å². The predicted molar refractivity (Wildman–Crippen MR) is 74.0 cm³/mol. The third-order valence-electron chi connectivity index (χ3n) is 2.88. The predicted octanol–water partition coefficient (Wildman–Crippen LogP) is 1.85. The second kappa shape index (κ2) is 5.51. The Balaban J connectivity index is 1.73. The highest BCUT2D eigenvalue weighted by Gasteiger charge is 2.12. The van der Waals surface area contributed by atoms with Crippen LogP contribution < -0.4 is 5.73 Å². The summed E-state index contributed by atoms with van der Waals surface area (Å²) in [7, 11) is 0. The Morgan fingerprint density at radius 3 is 3.15 bits per heavy atom. The van der Waals surface area contributed by atoms with Crippen molar-refractivity contribution in [1.29, 1.82) is 0 Å². The molecule has 3 aromatic heterocycles. The Morgan fingerprint density at radius 1 is 1.50 bits per heavy atom. The van der Waals surface area contributed by atoms with E-state index in [1.165, 1.54) is 0 Å². The van der Waals surface area contributed by atoms with Crippen LogP contribution in [-0.4, -0.2) is 25.1 Å². The van der Waals surface area contributed by atoms with E-state index in [4.69, 9.17) is 10.3 Å². The first-order chi connectivity index (χ1) is 9.76. The van der Waals surface area contributed by atoms with Crippen molar-refractivity contribution in [3.63, 3.8) is 0 Å². The lowest BCUT2D eigenvalue weighted by Gasteiger charge is -2.01. The van der Waals surface area contributed by atoms with Gasteiger partial charge in [0.15, 0.2) is 5.82 Å². The average molecular weight is 290 g/mol. The van der Waals surface area contributed by atoms with Crippen molar-refractivity contribution in [3.8, 4) is 10.8 Å². The Hall–Kier alpha value is -2.06. The van der Waals surface area contributed by atoms with Crippen LogP contribution in [0.1, 0.15) is 30.9 Å². The van der Waals surface area contributed by atoms with Gasteiger partial charge in [-0.2, -0.15) is 4.98 Å². The molecule has 1 unspecified atom stereocenters. The van der Waals surface area contributed by atoms with Gasteiger partial charge >= 0.3 is 0 Å². The highest BCUT2D eigenvalue weighted by Crippen LogP contribution is 2.22. The zero-order valence-electron chi connectivity index (χ0n) is 10.9. The quantitative estimate of drug-likeness (QED) is 0.770. The van der Waals surface area contributed by atoms with Crippen molar-refractivity contribution in [2.75, 3.05) is 0 Å². The first kappa shape index (κ1) is 12.9. The summed E-state index contributed by atoms with van der Waals surface area (Å²) in [6.45, 7) is 2.43. The number of hydrogen-bond acceptors (Lipinski definition) is 7. The first-order valence-electron chi connectivity index (χ1n) is 6.28. The first-order valence-corrected chi connectivity index (χ1v) is 7.16. The maximum atomic E-state index is 5.91. The van der Waals surface area contributed by atoms with Crippen molar-refractivity contribution in [2.45, 2.75) is 25.9 Å². The van der Waals surface area contributed by atoms with E-state index in [9.17, 15) is 0 Å². The molecule has 0 aliphatic rings. The number of hydrogen-bond donors (Lipinski definition) is 1. The second-order valence-corrected chi connectivity index (χ2v) is 5.30. The molecule has 0 radical (unpaired) electrons. The zero-order chi connectivity index (χ0) is 13.9. The van der Waals surface area contributed by atoms with Crippen LogP contribution in [0, 0.1) is 0 Å². The standard InChI is InChI=1S/C12H14N6OS/c1-2-8(13)9-6-18(17-15-9)7-11-14-12(19-16-11)10-4-3-5-20-10/h3-6,8H,2,7,13H2,1H3. The number of nitrogens with zero attached hydrogens (tertiary/aromatic N) is 5. The molecule has 2 N–H and O–H groups in total. The summed E-state index contributed by atoms with van der Waals surface area (Å²) in [5.74, 6) is 1.09. The Labute approximate surface area is 119 Å². The van der Waals surface area contributed by atoms with E-state index in [1.807, 2.05) is 30.6 Å². The van der Waals surface area contributed by atoms with Gasteiger partial charge in [-0.1, -0.05) is 23.4 Å². The SMILES string of the molecule is CCC(N)c1cn(Cc2noc(-c3cccs3)n2)nn1. The van der Waals surface area contributed by atoms with Crippen LogP contribution in [0.4, 0.5) is 0 Å². The fourth-order valence-corrected chi connectivity index (χ4v) is 2.38. The van der Waals surface area contributed by atoms with Crippen molar-refractivity contribution in [2.24, 2.45) is 5.73 Å². The fourth-order valence-electron chi connectivity index (χ4n) is 1.73. The molecule has 0 spiro atoms. The van der Waals surface area contributed by atoms with Gasteiger partial charge in [0, 0.05) is 0 Å². The number of nitrogens with two attached hydrogens (primary N) is 1. The van der Waals surface area contributed by atoms with E-state index in [0.29, 0.717) is 18.3 Å². The Kier molecular flexibility index (Phi) is 3.57. The topological polar surface area (TPSA) is 95.7 Å². The Bertz CT molecular complexity index is 674. The van der Waals surface area contributed by atoms with E-state index in [0.717, 1.165) is 17.0 Å². The van der Waals surface area contributed by atoms with Gasteiger partial charge in [-0.25, -0.2) is 4.68 Å². The molecule has 0 aliphatic heterocycles. The van der Waals surface area contributed by atoms with Gasteiger partial charge in [-0.3, -0.25) is 0 Å². The number of aromatic nitrogens is 5. The zero-order valence-corrected chi connectivity index (χ0v) is 11.7. The van der Waals surface area contributed by atoms with E-state index >= 15 is 0 Å². The van der Waals surface area contributed by atoms with Gasteiger partial charge in [0.2, 0.25) is 0 Å². The van der Waals surface area contributed by atoms with Crippen LogP contribution in [0.3, 0.4) is 0 Å². The van der Waals surface area contributed by atoms with E-state index < -0.39 is 0 Å². The molecule has 0 saturated carbocycles. The van der Waals surface area contributed by atoms with Gasteiger partial charge in [0.1, 0.15) is 6.54 Å². The maximum absolute atomic E-state index is 5.91. The van der Waals surface area contributed by atoms with Crippen LogP contribution in [-0.2, 0) is 6.54 Å². The Morgan fingerprint density at radius 2 is 2.40 bits per heavy atom. The molecule has 7 nitrogen and oxygen atoms in total. The summed E-state index contributed by atoms with van der Waals surface area (Å²) >= 11 is 1.56. The lowest BCUT2D eigenvalue weighted by atomic mass is 10.2. The summed E-state index contributed by atoms with van der Waals surface area (Å²) < 4.78 is 6.88. The smallest absolute Gasteiger partial charge is 0.268 e. The molecule has 20 heavy (non-hydrogen) atoms. The summed E-state index contributed by atoms with van der Waals surface area (Å²) in [6.07, 6.45) is 2.64. The van der Waals surface area contributed by atoms with Crippen molar-refractivity contribution in [3.05, 3.63) is 35.2 Å². The minimum absolute atomic E-state index is 0.0873. The van der Waals surface area contributed by atoms with E-state index in [-0.39, 0.29) is 6.04 Å². The highest BCUT2D eigenvalue weighted by molar-refractivity contribution is 7.13. The van der Waals surface area contributed by atoms with Crippen LogP contribution in [0.25, 0.3) is 10.8 Å². The summed E-state index contributed by atoms with van der Waals surface area (Å²) in [5, 5.41) is 14.0. The minimum Gasteiger partial charge on any atom is -0.333 e. The van der Waals surface area contributed by atoms with Gasteiger partial charge in [0.25, 0.3) is 5.89 Å². The highest BCUT2D eigenvalue weighted by atomic mass is 32.1. The lowest BCUT2D eigenvalue weighted by molar-refractivity contribution is 0.419. The van der Waals surface area contributed by atoms with E-state index in [2.05, 4.69) is 20.5 Å². The third kappa shape index (κ3) is 2.61. The maximum Gasteiger partial charge on any atom is 0.268 e. The molecule has 8 heteroatoms. The number of thiophene rings is 1. The lowest BCUT2D eigenvalue weighted by Crippen LogP contribution is -2.08.